The van der Waals surface area contributed by atoms with Gasteiger partial charge in [0.25, 0.3) is 17.7 Å². The van der Waals surface area contributed by atoms with E-state index in [-0.39, 0.29) is 34.4 Å². The molecule has 0 saturated heterocycles. The van der Waals surface area contributed by atoms with E-state index in [9.17, 15) is 19.2 Å². The standard InChI is InChI=1S/C16H10N2O5.CH4.3F2.FH/c19-13(9-4-2-1-3-5-9)17-18-14(20)11-7-6-10(16(22)23)8-12(11)15(18)21;;3*1-2;/h1-8H,(H,17,19)(H,22,23);1H4;;;;1H. The maximum atomic E-state index is 12.2. The van der Waals surface area contributed by atoms with E-state index < -0.39 is 23.7 Å². The smallest absolute Gasteiger partial charge is 0.335 e. The Kier molecular flexibility index (Phi) is 16.3. The van der Waals surface area contributed by atoms with Crippen molar-refractivity contribution in [3.05, 3.63) is 70.8 Å². The zero-order valence-electron chi connectivity index (χ0n) is 14.3. The van der Waals surface area contributed by atoms with Crippen LogP contribution >= 0.6 is 0 Å². The lowest BCUT2D eigenvalue weighted by molar-refractivity contribution is 0.0518. The number of fused-ring (bicyclic) bond motifs is 1. The average Bonchev–Trinajstić information content (AvgIpc) is 3.02. The third-order valence-corrected chi connectivity index (χ3v) is 3.38. The topological polar surface area (TPSA) is 104 Å². The lowest BCUT2D eigenvalue weighted by atomic mass is 10.1. The van der Waals surface area contributed by atoms with Gasteiger partial charge in [-0.3, -0.25) is 24.5 Å². The highest BCUT2D eigenvalue weighted by atomic mass is 20.0. The summed E-state index contributed by atoms with van der Waals surface area (Å²) >= 11 is 0. The van der Waals surface area contributed by atoms with E-state index in [0.29, 0.717) is 5.01 Å². The summed E-state index contributed by atoms with van der Waals surface area (Å²) in [5.74, 6) is -3.29. The molecule has 3 amide bonds. The molecule has 0 aliphatic carbocycles. The average molecular weight is 460 g/mol. The molecule has 31 heavy (non-hydrogen) atoms. The number of amides is 3. The largest absolute Gasteiger partial charge is 0.478 e. The molecule has 3 rings (SSSR count). The lowest BCUT2D eigenvalue weighted by Gasteiger charge is -2.14. The molecule has 0 saturated carbocycles. The minimum Gasteiger partial charge on any atom is -0.478 e. The monoisotopic (exact) mass is 460 g/mol. The van der Waals surface area contributed by atoms with Crippen molar-refractivity contribution >= 4 is 23.7 Å². The summed E-state index contributed by atoms with van der Waals surface area (Å²) < 4.78 is 48.0. The van der Waals surface area contributed by atoms with Gasteiger partial charge in [0, 0.05) is 33.0 Å². The Bertz CT molecular complexity index is 869. The highest BCUT2D eigenvalue weighted by Crippen LogP contribution is 2.23. The quantitative estimate of drug-likeness (QED) is 0.513. The van der Waals surface area contributed by atoms with E-state index in [1.54, 1.807) is 18.2 Å². The number of hydrogen-bond acceptors (Lipinski definition) is 4. The van der Waals surface area contributed by atoms with Crippen LogP contribution in [0.4, 0.5) is 32.1 Å². The van der Waals surface area contributed by atoms with E-state index in [2.05, 4.69) is 5.43 Å². The first kappa shape index (κ1) is 31.7. The minimum atomic E-state index is -1.21. The number of nitrogens with zero attached hydrogens (tertiary/aromatic N) is 1. The number of imide groups is 1. The van der Waals surface area contributed by atoms with Crippen LogP contribution in [-0.2, 0) is 0 Å². The summed E-state index contributed by atoms with van der Waals surface area (Å²) in [7, 11) is 0. The van der Waals surface area contributed by atoms with Gasteiger partial charge >= 0.3 is 5.97 Å². The van der Waals surface area contributed by atoms with E-state index in [1.807, 2.05) is 0 Å². The molecule has 1 aliphatic heterocycles. The van der Waals surface area contributed by atoms with Crippen molar-refractivity contribution < 1.29 is 56.4 Å². The normalized spacial score (nSPS) is 10.2. The first-order valence-electron chi connectivity index (χ1n) is 7.04. The maximum absolute atomic E-state index is 12.2. The second-order valence-corrected chi connectivity index (χ2v) is 4.82. The van der Waals surface area contributed by atoms with E-state index in [4.69, 9.17) is 32.6 Å². The van der Waals surface area contributed by atoms with Gasteiger partial charge in [0.1, 0.15) is 0 Å². The Morgan fingerprint density at radius 2 is 1.26 bits per heavy atom. The zero-order chi connectivity index (χ0) is 22.6. The number of halogens is 7. The molecule has 0 aromatic heterocycles. The molecule has 0 bridgehead atoms. The number of aromatic carboxylic acids is 1. The van der Waals surface area contributed by atoms with Gasteiger partial charge in [-0.1, -0.05) is 25.6 Å². The van der Waals surface area contributed by atoms with Gasteiger partial charge in [0.05, 0.1) is 16.7 Å². The fourth-order valence-corrected chi connectivity index (χ4v) is 2.23. The molecule has 14 heteroatoms. The summed E-state index contributed by atoms with van der Waals surface area (Å²) in [6, 6.07) is 11.7. The van der Waals surface area contributed by atoms with Crippen molar-refractivity contribution in [2.24, 2.45) is 0 Å². The molecule has 0 spiro atoms. The van der Waals surface area contributed by atoms with E-state index in [0.717, 1.165) is 6.07 Å². The number of carbonyl (C=O) groups is 4. The van der Waals surface area contributed by atoms with Crippen LogP contribution in [0.2, 0.25) is 0 Å². The highest BCUT2D eigenvalue weighted by Gasteiger charge is 2.37. The second kappa shape index (κ2) is 15.9. The van der Waals surface area contributed by atoms with Crippen LogP contribution in [0.15, 0.2) is 48.5 Å². The number of carbonyl (C=O) groups excluding carboxylic acids is 3. The summed E-state index contributed by atoms with van der Waals surface area (Å²) in [5.41, 5.74) is 2.41. The molecule has 0 radical (unpaired) electrons. The number of hydrogen-bond donors (Lipinski definition) is 2. The third kappa shape index (κ3) is 7.41. The molecule has 2 aromatic rings. The van der Waals surface area contributed by atoms with Gasteiger partial charge in [0.2, 0.25) is 0 Å². The van der Waals surface area contributed by atoms with Crippen LogP contribution in [-0.4, -0.2) is 33.8 Å². The lowest BCUT2D eigenvalue weighted by Crippen LogP contribution is -2.45. The van der Waals surface area contributed by atoms with Gasteiger partial charge < -0.3 is 5.11 Å². The Balaban J connectivity index is -0.000000904. The maximum Gasteiger partial charge on any atom is 0.335 e. The molecule has 0 fully saturated rings. The Labute approximate surface area is 169 Å². The zero-order valence-corrected chi connectivity index (χ0v) is 14.3. The number of carboxylic acid groups (broad SMARTS) is 1. The molecular formula is C17H15F7N2O5. The summed E-state index contributed by atoms with van der Waals surface area (Å²) in [6.07, 6.45) is 0. The number of carboxylic acids is 1. The fraction of sp³-hybridized carbons (Fsp3) is 0.0588. The van der Waals surface area contributed by atoms with Gasteiger partial charge in [-0.2, -0.15) is 5.01 Å². The van der Waals surface area contributed by atoms with Crippen molar-refractivity contribution in [1.82, 2.24) is 10.4 Å². The summed E-state index contributed by atoms with van der Waals surface area (Å²) in [4.78, 5) is 47.5. The van der Waals surface area contributed by atoms with Gasteiger partial charge in [0.15, 0.2) is 0 Å². The number of nitrogens with one attached hydrogen (secondary N) is 1. The SMILES string of the molecule is C.F.FF.FF.FF.O=C(O)c1ccc2c(c1)C(=O)N(NC(=O)c1ccccc1)C2=O. The molecule has 0 atom stereocenters. The van der Waals surface area contributed by atoms with Crippen LogP contribution in [0.1, 0.15) is 48.9 Å². The predicted molar refractivity (Wildman–Crippen MR) is 93.7 cm³/mol. The Morgan fingerprint density at radius 3 is 1.74 bits per heavy atom. The molecular weight excluding hydrogens is 445 g/mol. The number of benzene rings is 2. The van der Waals surface area contributed by atoms with Crippen LogP contribution in [0.25, 0.3) is 0 Å². The first-order chi connectivity index (χ1) is 14.0. The fourth-order valence-electron chi connectivity index (χ4n) is 2.23. The number of rotatable bonds is 3. The third-order valence-electron chi connectivity index (χ3n) is 3.38. The minimum absolute atomic E-state index is 0. The second-order valence-electron chi connectivity index (χ2n) is 4.82. The molecule has 7 nitrogen and oxygen atoms in total. The van der Waals surface area contributed by atoms with Crippen molar-refractivity contribution in [2.75, 3.05) is 0 Å². The van der Waals surface area contributed by atoms with Crippen molar-refractivity contribution in [2.45, 2.75) is 7.43 Å². The number of hydrazine groups is 1. The van der Waals surface area contributed by atoms with Gasteiger partial charge in [-0.25, -0.2) is 4.79 Å². The van der Waals surface area contributed by atoms with Crippen LogP contribution in [0, 0.1) is 0 Å². The molecule has 1 heterocycles. The Morgan fingerprint density at radius 1 is 0.774 bits per heavy atom. The first-order valence-corrected chi connectivity index (χ1v) is 7.04. The van der Waals surface area contributed by atoms with Crippen molar-refractivity contribution in [3.8, 4) is 0 Å². The summed E-state index contributed by atoms with van der Waals surface area (Å²) in [6.45, 7) is 0. The van der Waals surface area contributed by atoms with Crippen LogP contribution in [0.5, 0.6) is 0 Å². The van der Waals surface area contributed by atoms with Crippen LogP contribution < -0.4 is 5.43 Å². The van der Waals surface area contributed by atoms with Gasteiger partial charge in [-0.05, 0) is 30.3 Å². The van der Waals surface area contributed by atoms with Gasteiger partial charge in [-0.15, -0.1) is 0 Å². The van der Waals surface area contributed by atoms with E-state index >= 15 is 0 Å². The highest BCUT2D eigenvalue weighted by molar-refractivity contribution is 6.22. The van der Waals surface area contributed by atoms with E-state index in [1.165, 1.54) is 24.3 Å². The molecule has 2 N–H and O–H groups in total. The molecule has 2 aromatic carbocycles. The predicted octanol–water partition coefficient (Wildman–Crippen LogP) is 4.64. The Hall–Kier alpha value is -3.97. The molecule has 172 valence electrons. The molecule has 1 aliphatic rings. The van der Waals surface area contributed by atoms with Crippen molar-refractivity contribution in [1.29, 1.82) is 0 Å². The summed E-state index contributed by atoms with van der Waals surface area (Å²) in [5, 5.41) is 9.54. The molecule has 0 unspecified atom stereocenters. The van der Waals surface area contributed by atoms with Crippen LogP contribution in [0.3, 0.4) is 0 Å². The van der Waals surface area contributed by atoms with Crippen molar-refractivity contribution in [3.63, 3.8) is 0 Å².